The molecule has 2 heterocycles. The van der Waals surface area contributed by atoms with Gasteiger partial charge in [-0.2, -0.15) is 0 Å². The first kappa shape index (κ1) is 19.4. The monoisotopic (exact) mass is 373 g/mol. The van der Waals surface area contributed by atoms with Crippen LogP contribution >= 0.6 is 0 Å². The van der Waals surface area contributed by atoms with E-state index in [-0.39, 0.29) is 17.6 Å². The minimum atomic E-state index is -0.629. The second-order valence-electron chi connectivity index (χ2n) is 7.17. The number of nitrogens with one attached hydrogen (secondary N) is 1. The van der Waals surface area contributed by atoms with E-state index in [1.165, 1.54) is 11.1 Å². The Bertz CT molecular complexity index is 818. The fourth-order valence-corrected chi connectivity index (χ4v) is 3.51. The van der Waals surface area contributed by atoms with Gasteiger partial charge in [0.05, 0.1) is 19.3 Å². The lowest BCUT2D eigenvalue weighted by molar-refractivity contribution is 0.0347. The van der Waals surface area contributed by atoms with Crippen molar-refractivity contribution in [2.75, 3.05) is 20.2 Å². The predicted molar refractivity (Wildman–Crippen MR) is 101 cm³/mol. The van der Waals surface area contributed by atoms with E-state index in [0.717, 1.165) is 24.4 Å². The van der Waals surface area contributed by atoms with E-state index in [1.807, 2.05) is 6.07 Å². The number of carbonyl (C=O) groups is 1. The molecule has 0 aliphatic carbocycles. The first-order valence-electron chi connectivity index (χ1n) is 9.16. The summed E-state index contributed by atoms with van der Waals surface area (Å²) in [6.45, 7) is 7.95. The summed E-state index contributed by atoms with van der Waals surface area (Å²) in [6.07, 6.45) is 0.0492. The van der Waals surface area contributed by atoms with Gasteiger partial charge in [0.1, 0.15) is 11.5 Å². The summed E-state index contributed by atoms with van der Waals surface area (Å²) < 4.78 is 10.3. The molecule has 2 aromatic rings. The summed E-state index contributed by atoms with van der Waals surface area (Å²) in [7, 11) is 1.68. The van der Waals surface area contributed by atoms with E-state index < -0.39 is 6.10 Å². The van der Waals surface area contributed by atoms with Crippen LogP contribution in [-0.2, 0) is 6.54 Å². The Labute approximate surface area is 159 Å². The Balaban J connectivity index is 1.59. The average Bonchev–Trinajstić information content (AvgIpc) is 3.08. The zero-order chi connectivity index (χ0) is 19.6. The molecule has 0 spiro atoms. The third-order valence-electron chi connectivity index (χ3n) is 5.31. The summed E-state index contributed by atoms with van der Waals surface area (Å²) in [5, 5.41) is 17.1. The average molecular weight is 373 g/mol. The van der Waals surface area contributed by atoms with Crippen LogP contribution in [0.4, 0.5) is 0 Å². The van der Waals surface area contributed by atoms with Crippen LogP contribution in [0.3, 0.4) is 0 Å². The number of aliphatic hydroxyl groups excluding tert-OH is 1. The largest absolute Gasteiger partial charge is 0.496 e. The molecule has 1 amide bonds. The molecule has 1 aliphatic rings. The normalized spacial score (nSPS) is 20.5. The summed E-state index contributed by atoms with van der Waals surface area (Å²) >= 11 is 0. The van der Waals surface area contributed by atoms with Crippen LogP contribution < -0.4 is 10.1 Å². The van der Waals surface area contributed by atoms with Crippen LogP contribution in [0, 0.1) is 20.8 Å². The Morgan fingerprint density at radius 1 is 1.37 bits per heavy atom. The maximum absolute atomic E-state index is 12.2. The maximum atomic E-state index is 12.2. The molecule has 1 aromatic carbocycles. The molecule has 0 unspecified atom stereocenters. The minimum Gasteiger partial charge on any atom is -0.496 e. The lowest BCUT2D eigenvalue weighted by Gasteiger charge is -2.36. The van der Waals surface area contributed by atoms with Crippen LogP contribution in [0.15, 0.2) is 22.7 Å². The van der Waals surface area contributed by atoms with Crippen molar-refractivity contribution in [3.05, 3.63) is 46.3 Å². The van der Waals surface area contributed by atoms with Gasteiger partial charge < -0.3 is 19.7 Å². The smallest absolute Gasteiger partial charge is 0.273 e. The summed E-state index contributed by atoms with van der Waals surface area (Å²) in [5.41, 5.74) is 3.81. The number of rotatable bonds is 5. The Morgan fingerprint density at radius 2 is 2.15 bits per heavy atom. The molecule has 27 heavy (non-hydrogen) atoms. The zero-order valence-electron chi connectivity index (χ0n) is 16.3. The van der Waals surface area contributed by atoms with Gasteiger partial charge >= 0.3 is 0 Å². The summed E-state index contributed by atoms with van der Waals surface area (Å²) in [5.74, 6) is 1.16. The van der Waals surface area contributed by atoms with Gasteiger partial charge in [-0.3, -0.25) is 9.69 Å². The first-order valence-corrected chi connectivity index (χ1v) is 9.16. The van der Waals surface area contributed by atoms with Crippen molar-refractivity contribution in [1.29, 1.82) is 0 Å². The zero-order valence-corrected chi connectivity index (χ0v) is 16.3. The van der Waals surface area contributed by atoms with E-state index in [9.17, 15) is 9.90 Å². The second kappa shape index (κ2) is 8.10. The Kier molecular flexibility index (Phi) is 5.82. The van der Waals surface area contributed by atoms with Crippen LogP contribution in [0.25, 0.3) is 0 Å². The molecule has 0 saturated carbocycles. The van der Waals surface area contributed by atoms with Gasteiger partial charge in [-0.05, 0) is 49.9 Å². The molecular formula is C20H27N3O4. The van der Waals surface area contributed by atoms with Gasteiger partial charge in [0.25, 0.3) is 5.91 Å². The molecule has 2 atom stereocenters. The number of hydrogen-bond donors (Lipinski definition) is 2. The van der Waals surface area contributed by atoms with Crippen molar-refractivity contribution in [2.45, 2.75) is 45.9 Å². The van der Waals surface area contributed by atoms with E-state index >= 15 is 0 Å². The Morgan fingerprint density at radius 3 is 2.78 bits per heavy atom. The third-order valence-corrected chi connectivity index (χ3v) is 5.31. The number of nitrogens with zero attached hydrogens (tertiary/aromatic N) is 2. The number of β-amino-alcohol motifs (C(OH)–C–C–N with tert-alkyl or cyclic N) is 1. The molecular weight excluding hydrogens is 346 g/mol. The number of carbonyl (C=O) groups excluding carboxylic acids is 1. The summed E-state index contributed by atoms with van der Waals surface area (Å²) in [4.78, 5) is 14.4. The highest BCUT2D eigenvalue weighted by atomic mass is 16.5. The quantitative estimate of drug-likeness (QED) is 0.833. The van der Waals surface area contributed by atoms with E-state index in [4.69, 9.17) is 9.26 Å². The molecule has 3 rings (SSSR count). The number of methoxy groups -OCH3 is 1. The van der Waals surface area contributed by atoms with Crippen LogP contribution in [-0.4, -0.2) is 53.4 Å². The number of ether oxygens (including phenoxy) is 1. The van der Waals surface area contributed by atoms with Gasteiger partial charge in [-0.1, -0.05) is 11.2 Å². The molecule has 0 radical (unpaired) electrons. The number of likely N-dealkylation sites (tertiary alicyclic amines) is 1. The highest BCUT2D eigenvalue weighted by Gasteiger charge is 2.30. The SMILES string of the molecule is COc1ccc(CN2CC[C@@H](NC(=O)c3cc(C)on3)[C@H](O)C2)c(C)c1C. The van der Waals surface area contributed by atoms with Crippen LogP contribution in [0.1, 0.15) is 39.4 Å². The van der Waals surface area contributed by atoms with Gasteiger partial charge in [0.2, 0.25) is 0 Å². The van der Waals surface area contributed by atoms with Gasteiger partial charge in [0.15, 0.2) is 5.69 Å². The lowest BCUT2D eigenvalue weighted by Crippen LogP contribution is -2.53. The van der Waals surface area contributed by atoms with Gasteiger partial charge in [0, 0.05) is 25.7 Å². The van der Waals surface area contributed by atoms with Gasteiger partial charge in [-0.15, -0.1) is 0 Å². The number of aromatic nitrogens is 1. The molecule has 2 N–H and O–H groups in total. The number of amides is 1. The topological polar surface area (TPSA) is 87.8 Å². The highest BCUT2D eigenvalue weighted by molar-refractivity contribution is 5.92. The second-order valence-corrected chi connectivity index (χ2v) is 7.17. The predicted octanol–water partition coefficient (Wildman–Crippen LogP) is 1.97. The number of piperidine rings is 1. The molecule has 1 aromatic heterocycles. The summed E-state index contributed by atoms with van der Waals surface area (Å²) in [6, 6.07) is 5.37. The maximum Gasteiger partial charge on any atom is 0.273 e. The molecule has 1 saturated heterocycles. The molecule has 7 heteroatoms. The fraction of sp³-hybridized carbons (Fsp3) is 0.500. The van der Waals surface area contributed by atoms with Crippen molar-refractivity contribution in [3.63, 3.8) is 0 Å². The first-order chi connectivity index (χ1) is 12.9. The minimum absolute atomic E-state index is 0.242. The lowest BCUT2D eigenvalue weighted by atomic mass is 9.98. The highest BCUT2D eigenvalue weighted by Crippen LogP contribution is 2.25. The van der Waals surface area contributed by atoms with E-state index in [2.05, 4.69) is 35.3 Å². The van der Waals surface area contributed by atoms with Crippen molar-refractivity contribution < 1.29 is 19.2 Å². The van der Waals surface area contributed by atoms with Gasteiger partial charge in [-0.25, -0.2) is 0 Å². The van der Waals surface area contributed by atoms with E-state index in [1.54, 1.807) is 20.1 Å². The van der Waals surface area contributed by atoms with Crippen LogP contribution in [0.2, 0.25) is 0 Å². The molecule has 0 bridgehead atoms. The number of hydrogen-bond acceptors (Lipinski definition) is 6. The standard InChI is InChI=1S/C20H27N3O4/c1-12-9-17(22-27-12)20(25)21-16-7-8-23(11-18(16)24)10-15-5-6-19(26-4)14(3)13(15)2/h5-6,9,16,18,24H,7-8,10-11H2,1-4H3,(H,21,25)/t16-,18-/m1/s1. The number of aliphatic hydroxyl groups is 1. The van der Waals surface area contributed by atoms with Crippen molar-refractivity contribution in [1.82, 2.24) is 15.4 Å². The van der Waals surface area contributed by atoms with Crippen molar-refractivity contribution in [2.24, 2.45) is 0 Å². The third kappa shape index (κ3) is 4.31. The number of aryl methyl sites for hydroxylation is 1. The van der Waals surface area contributed by atoms with Crippen molar-refractivity contribution in [3.8, 4) is 5.75 Å². The Hall–Kier alpha value is -2.38. The molecule has 146 valence electrons. The number of benzene rings is 1. The van der Waals surface area contributed by atoms with Crippen molar-refractivity contribution >= 4 is 5.91 Å². The molecule has 1 aliphatic heterocycles. The molecule has 7 nitrogen and oxygen atoms in total. The molecule has 1 fully saturated rings. The van der Waals surface area contributed by atoms with Crippen LogP contribution in [0.5, 0.6) is 5.75 Å². The van der Waals surface area contributed by atoms with E-state index in [0.29, 0.717) is 18.7 Å². The fourth-order valence-electron chi connectivity index (χ4n) is 3.51.